The van der Waals surface area contributed by atoms with Gasteiger partial charge in [0.2, 0.25) is 0 Å². The average Bonchev–Trinajstić information content (AvgIpc) is 2.87. The van der Waals surface area contributed by atoms with Crippen molar-refractivity contribution in [3.8, 4) is 0 Å². The molecular weight excluding hydrogens is 492 g/mol. The lowest BCUT2D eigenvalue weighted by Gasteiger charge is -2.05. The van der Waals surface area contributed by atoms with Crippen LogP contribution in [0.2, 0.25) is 0 Å². The summed E-state index contributed by atoms with van der Waals surface area (Å²) < 4.78 is 31.7. The predicted octanol–water partition coefficient (Wildman–Crippen LogP) is 11.5. The van der Waals surface area contributed by atoms with Crippen LogP contribution in [-0.2, 0) is 14.9 Å². The van der Waals surface area contributed by atoms with Gasteiger partial charge in [0.25, 0.3) is 10.1 Å². The van der Waals surface area contributed by atoms with Crippen LogP contribution in [0.1, 0.15) is 194 Å². The molecule has 5 heteroatoms. The van der Waals surface area contributed by atoms with Gasteiger partial charge in [-0.25, -0.2) is 0 Å². The van der Waals surface area contributed by atoms with Crippen LogP contribution < -0.4 is 0 Å². The Kier molecular flexibility index (Phi) is 36.7. The lowest BCUT2D eigenvalue weighted by molar-refractivity contribution is 0.125. The van der Waals surface area contributed by atoms with Gasteiger partial charge in [-0.15, -0.1) is 0 Å². The van der Waals surface area contributed by atoms with Gasteiger partial charge in [0.1, 0.15) is 0 Å². The molecule has 0 spiro atoms. The third-order valence-electron chi connectivity index (χ3n) is 7.28. The van der Waals surface area contributed by atoms with Crippen molar-refractivity contribution in [3.63, 3.8) is 0 Å². The largest absolute Gasteiger partial charge is 0.381 e. The first kappa shape index (κ1) is 40.0. The third kappa shape index (κ3) is 48.9. The van der Waals surface area contributed by atoms with Crippen molar-refractivity contribution in [2.24, 2.45) is 0 Å². The molecule has 0 bridgehead atoms. The van der Waals surface area contributed by atoms with Gasteiger partial charge in [-0.3, -0.25) is 4.55 Å². The Morgan fingerprint density at radius 3 is 0.737 bits per heavy atom. The second-order valence-corrected chi connectivity index (χ2v) is 13.0. The van der Waals surface area contributed by atoms with Crippen molar-refractivity contribution >= 4 is 10.1 Å². The third-order valence-corrected chi connectivity index (χ3v) is 7.28. The van der Waals surface area contributed by atoms with Crippen molar-refractivity contribution in [1.82, 2.24) is 0 Å². The fourth-order valence-electron chi connectivity index (χ4n) is 4.90. The van der Waals surface area contributed by atoms with Crippen LogP contribution >= 0.6 is 0 Å². The maximum absolute atomic E-state index is 9.19. The van der Waals surface area contributed by atoms with E-state index in [1.165, 1.54) is 180 Å². The number of ether oxygens (including phenoxy) is 1. The van der Waals surface area contributed by atoms with Gasteiger partial charge in [0, 0.05) is 13.2 Å². The van der Waals surface area contributed by atoms with E-state index >= 15 is 0 Å². The lowest BCUT2D eigenvalue weighted by atomic mass is 10.0. The summed E-state index contributed by atoms with van der Waals surface area (Å²) in [6.45, 7) is 6.59. The second kappa shape index (κ2) is 34.9. The highest BCUT2D eigenvalue weighted by Gasteiger charge is 1.96. The average molecular weight is 563 g/mol. The molecule has 1 N–H and O–H groups in total. The molecule has 232 valence electrons. The lowest BCUT2D eigenvalue weighted by Crippen LogP contribution is -1.97. The SMILES string of the molecule is CCCCCCCCCCCCCCCCOCCCCCCCCCCCCCCCC.CS(=O)(=O)O. The second-order valence-electron chi connectivity index (χ2n) is 11.5. The number of hydrogen-bond donors (Lipinski definition) is 1. The van der Waals surface area contributed by atoms with E-state index in [0.29, 0.717) is 6.26 Å². The van der Waals surface area contributed by atoms with Crippen LogP contribution in [0.25, 0.3) is 0 Å². The van der Waals surface area contributed by atoms with Gasteiger partial charge in [0.05, 0.1) is 6.26 Å². The van der Waals surface area contributed by atoms with Crippen LogP contribution in [0.5, 0.6) is 0 Å². The highest BCUT2D eigenvalue weighted by atomic mass is 32.2. The van der Waals surface area contributed by atoms with Crippen molar-refractivity contribution in [1.29, 1.82) is 0 Å². The molecule has 0 rings (SSSR count). The van der Waals surface area contributed by atoms with Gasteiger partial charge in [0.15, 0.2) is 0 Å². The molecule has 0 aromatic rings. The Hall–Kier alpha value is -0.130. The fourth-order valence-corrected chi connectivity index (χ4v) is 4.90. The van der Waals surface area contributed by atoms with E-state index in [1.807, 2.05) is 0 Å². The topological polar surface area (TPSA) is 63.6 Å². The van der Waals surface area contributed by atoms with Crippen molar-refractivity contribution < 1.29 is 17.7 Å². The predicted molar refractivity (Wildman–Crippen MR) is 169 cm³/mol. The Morgan fingerprint density at radius 1 is 0.395 bits per heavy atom. The van der Waals surface area contributed by atoms with E-state index in [4.69, 9.17) is 9.29 Å². The standard InChI is InChI=1S/C32H66O.CH4O3S/c1-3-5-7-9-11-13-15-17-19-21-23-25-27-29-31-33-32-30-28-26-24-22-20-18-16-14-12-10-8-6-4-2;1-5(2,3)4/h3-32H2,1-2H3;1H3,(H,2,3,4). The summed E-state index contributed by atoms with van der Waals surface area (Å²) >= 11 is 0. The highest BCUT2D eigenvalue weighted by molar-refractivity contribution is 7.85. The molecule has 0 aromatic carbocycles. The molecule has 0 saturated heterocycles. The Morgan fingerprint density at radius 2 is 0.553 bits per heavy atom. The molecule has 0 aliphatic heterocycles. The van der Waals surface area contributed by atoms with E-state index in [9.17, 15) is 8.42 Å². The van der Waals surface area contributed by atoms with Crippen molar-refractivity contribution in [2.75, 3.05) is 19.5 Å². The number of hydrogen-bond acceptors (Lipinski definition) is 3. The zero-order chi connectivity index (χ0) is 28.4. The minimum atomic E-state index is -3.67. The molecule has 0 amide bonds. The first-order valence-corrected chi connectivity index (χ1v) is 18.8. The van der Waals surface area contributed by atoms with Crippen molar-refractivity contribution in [2.45, 2.75) is 194 Å². The van der Waals surface area contributed by atoms with E-state index < -0.39 is 10.1 Å². The maximum Gasteiger partial charge on any atom is 0.261 e. The fraction of sp³-hybridized carbons (Fsp3) is 1.00. The Labute approximate surface area is 240 Å². The molecule has 0 aliphatic rings. The Balaban J connectivity index is 0. The summed E-state index contributed by atoms with van der Waals surface area (Å²) in [4.78, 5) is 0. The van der Waals surface area contributed by atoms with Crippen LogP contribution in [0.3, 0.4) is 0 Å². The van der Waals surface area contributed by atoms with Gasteiger partial charge >= 0.3 is 0 Å². The van der Waals surface area contributed by atoms with E-state index in [2.05, 4.69) is 13.8 Å². The maximum atomic E-state index is 9.19. The summed E-state index contributed by atoms with van der Waals surface area (Å²) in [5.41, 5.74) is 0. The zero-order valence-electron chi connectivity index (χ0n) is 26.3. The van der Waals surface area contributed by atoms with Gasteiger partial charge in [-0.1, -0.05) is 181 Å². The van der Waals surface area contributed by atoms with Crippen LogP contribution in [0.15, 0.2) is 0 Å². The summed E-state index contributed by atoms with van der Waals surface area (Å²) in [6, 6.07) is 0. The number of rotatable bonds is 30. The quantitative estimate of drug-likeness (QED) is 0.0698. The monoisotopic (exact) mass is 562 g/mol. The van der Waals surface area contributed by atoms with Crippen LogP contribution in [0.4, 0.5) is 0 Å². The Bertz CT molecular complexity index is 469. The normalized spacial score (nSPS) is 11.5. The molecule has 38 heavy (non-hydrogen) atoms. The highest BCUT2D eigenvalue weighted by Crippen LogP contribution is 2.14. The minimum Gasteiger partial charge on any atom is -0.381 e. The van der Waals surface area contributed by atoms with Crippen LogP contribution in [0, 0.1) is 0 Å². The molecule has 0 heterocycles. The van der Waals surface area contributed by atoms with E-state index in [0.717, 1.165) is 13.2 Å². The minimum absolute atomic E-state index is 0.715. The summed E-state index contributed by atoms with van der Waals surface area (Å²) in [5.74, 6) is 0. The first-order chi connectivity index (χ1) is 18.4. The smallest absolute Gasteiger partial charge is 0.261 e. The van der Waals surface area contributed by atoms with E-state index in [1.54, 1.807) is 0 Å². The first-order valence-electron chi connectivity index (χ1n) is 16.9. The molecule has 0 aliphatic carbocycles. The molecule has 0 unspecified atom stereocenters. The van der Waals surface area contributed by atoms with Crippen molar-refractivity contribution in [3.05, 3.63) is 0 Å². The molecule has 4 nitrogen and oxygen atoms in total. The van der Waals surface area contributed by atoms with Gasteiger partial charge in [-0.2, -0.15) is 8.42 Å². The summed E-state index contributed by atoms with van der Waals surface area (Å²) in [5, 5.41) is 0. The molecule has 0 radical (unpaired) electrons. The van der Waals surface area contributed by atoms with Crippen LogP contribution in [-0.4, -0.2) is 32.4 Å². The molecular formula is C33H70O4S. The molecule has 0 aromatic heterocycles. The summed E-state index contributed by atoms with van der Waals surface area (Å²) in [7, 11) is -3.67. The molecule has 0 atom stereocenters. The van der Waals surface area contributed by atoms with E-state index in [-0.39, 0.29) is 0 Å². The molecule has 0 saturated carbocycles. The molecule has 0 fully saturated rings. The van der Waals surface area contributed by atoms with Gasteiger partial charge < -0.3 is 4.74 Å². The van der Waals surface area contributed by atoms with Gasteiger partial charge in [-0.05, 0) is 12.8 Å². The summed E-state index contributed by atoms with van der Waals surface area (Å²) in [6.07, 6.45) is 40.8. The number of unbranched alkanes of at least 4 members (excludes halogenated alkanes) is 26. The zero-order valence-corrected chi connectivity index (χ0v) is 27.1.